The highest BCUT2D eigenvalue weighted by molar-refractivity contribution is 6.25. The van der Waals surface area contributed by atoms with Crippen LogP contribution in [0.3, 0.4) is 0 Å². The second kappa shape index (κ2) is 5.96. The molecule has 0 rings (SSSR count). The van der Waals surface area contributed by atoms with Gasteiger partial charge in [0.1, 0.15) is 0 Å². The third-order valence-electron chi connectivity index (χ3n) is 0.594. The monoisotopic (exact) mass is 122 g/mol. The average molecular weight is 123 g/mol. The highest BCUT2D eigenvalue weighted by Crippen LogP contribution is 1.91. The Balaban J connectivity index is 2.69. The van der Waals surface area contributed by atoms with E-state index in [1.165, 1.54) is 5.54 Å². The molecule has 0 radical (unpaired) electrons. The molecule has 0 aromatic rings. The predicted molar refractivity (Wildman–Crippen MR) is 30.2 cm³/mol. The van der Waals surface area contributed by atoms with E-state index in [0.29, 0.717) is 6.42 Å². The number of halogens is 2. The van der Waals surface area contributed by atoms with Gasteiger partial charge in [0.2, 0.25) is 0 Å². The van der Waals surface area contributed by atoms with Gasteiger partial charge in [-0.05, 0) is 12.8 Å². The first-order valence-corrected chi connectivity index (χ1v) is 2.66. The van der Waals surface area contributed by atoms with Crippen LogP contribution in [0.4, 0.5) is 4.39 Å². The molecule has 0 bridgehead atoms. The number of rotatable bonds is 3. The van der Waals surface area contributed by atoms with E-state index in [4.69, 9.17) is 11.6 Å². The van der Waals surface area contributed by atoms with E-state index in [1.807, 2.05) is 0 Å². The van der Waals surface area contributed by atoms with Gasteiger partial charge in [0.15, 0.2) is 0 Å². The topological polar surface area (TPSA) is 0 Å². The van der Waals surface area contributed by atoms with Crippen LogP contribution in [0.2, 0.25) is 0 Å². The Labute approximate surface area is 48.0 Å². The second-order valence-electron chi connectivity index (χ2n) is 1.19. The molecule has 0 aliphatic carbocycles. The normalized spacial score (nSPS) is 10.6. The molecule has 0 aliphatic heterocycles. The molecule has 0 spiro atoms. The maximum absolute atomic E-state index is 11.2. The van der Waals surface area contributed by atoms with E-state index in [1.54, 1.807) is 6.08 Å². The molecule has 0 amide bonds. The number of unbranched alkanes of at least 4 members (excludes halogenated alkanes) is 1. The quantitative estimate of drug-likeness (QED) is 0.505. The molecular weight excluding hydrogens is 115 g/mol. The fourth-order valence-corrected chi connectivity index (χ4v) is 0.384. The Hall–Kier alpha value is -0.0400. The van der Waals surface area contributed by atoms with Crippen molar-refractivity contribution < 1.29 is 4.39 Å². The lowest BCUT2D eigenvalue weighted by molar-refractivity contribution is 0.475. The summed E-state index contributed by atoms with van der Waals surface area (Å²) in [6.07, 6.45) is 3.07. The minimum absolute atomic E-state index is 0.249. The Morgan fingerprint density at radius 2 is 2.29 bits per heavy atom. The lowest BCUT2D eigenvalue weighted by atomic mass is 10.3. The standard InChI is InChI=1S/C5H8ClF/c6-4-2-1-3-5-7/h2,4H,1,3,5H2. The lowest BCUT2D eigenvalue weighted by Gasteiger charge is -1.80. The van der Waals surface area contributed by atoms with Gasteiger partial charge in [-0.25, -0.2) is 0 Å². The van der Waals surface area contributed by atoms with Crippen LogP contribution in [-0.4, -0.2) is 6.67 Å². The predicted octanol–water partition coefficient (Wildman–Crippen LogP) is 2.49. The molecule has 7 heavy (non-hydrogen) atoms. The molecule has 42 valence electrons. The summed E-state index contributed by atoms with van der Waals surface area (Å²) < 4.78 is 11.2. The van der Waals surface area contributed by atoms with E-state index in [0.717, 1.165) is 6.42 Å². The average Bonchev–Trinajstić information content (AvgIpc) is 1.69. The van der Waals surface area contributed by atoms with Crippen molar-refractivity contribution in [1.29, 1.82) is 0 Å². The van der Waals surface area contributed by atoms with E-state index in [2.05, 4.69) is 0 Å². The molecule has 0 aromatic heterocycles. The van der Waals surface area contributed by atoms with Crippen molar-refractivity contribution in [2.24, 2.45) is 0 Å². The van der Waals surface area contributed by atoms with E-state index < -0.39 is 0 Å². The summed E-state index contributed by atoms with van der Waals surface area (Å²) >= 11 is 5.13. The molecule has 2 heteroatoms. The maximum atomic E-state index is 11.2. The van der Waals surface area contributed by atoms with Gasteiger partial charge in [-0.1, -0.05) is 17.7 Å². The van der Waals surface area contributed by atoms with Gasteiger partial charge in [0, 0.05) is 5.54 Å². The Kier molecular flexibility index (Phi) is 5.93. The van der Waals surface area contributed by atoms with Gasteiger partial charge in [0.05, 0.1) is 6.67 Å². The minimum atomic E-state index is -0.249. The van der Waals surface area contributed by atoms with Crippen LogP contribution in [0.15, 0.2) is 11.6 Å². The fraction of sp³-hybridized carbons (Fsp3) is 0.600. The van der Waals surface area contributed by atoms with Crippen molar-refractivity contribution in [2.45, 2.75) is 12.8 Å². The van der Waals surface area contributed by atoms with Crippen molar-refractivity contribution >= 4 is 11.6 Å². The van der Waals surface area contributed by atoms with Crippen LogP contribution in [0.25, 0.3) is 0 Å². The lowest BCUT2D eigenvalue weighted by Crippen LogP contribution is -1.69. The summed E-state index contributed by atoms with van der Waals surface area (Å²) in [6.45, 7) is -0.249. The van der Waals surface area contributed by atoms with Crippen LogP contribution < -0.4 is 0 Å². The summed E-state index contributed by atoms with van der Waals surface area (Å²) in [6, 6.07) is 0. The Morgan fingerprint density at radius 1 is 1.57 bits per heavy atom. The highest BCUT2D eigenvalue weighted by atomic mass is 35.5. The maximum Gasteiger partial charge on any atom is 0.0897 e. The van der Waals surface area contributed by atoms with E-state index >= 15 is 0 Å². The van der Waals surface area contributed by atoms with Crippen LogP contribution in [0.1, 0.15) is 12.8 Å². The second-order valence-corrected chi connectivity index (χ2v) is 1.44. The van der Waals surface area contributed by atoms with Crippen LogP contribution >= 0.6 is 11.6 Å². The molecule has 0 atom stereocenters. The number of allylic oxidation sites excluding steroid dienone is 1. The largest absolute Gasteiger partial charge is 0.251 e. The molecule has 0 heterocycles. The fourth-order valence-electron chi connectivity index (χ4n) is 0.258. The zero-order chi connectivity index (χ0) is 5.54. The van der Waals surface area contributed by atoms with Gasteiger partial charge >= 0.3 is 0 Å². The molecule has 0 nitrogen and oxygen atoms in total. The number of alkyl halides is 1. The van der Waals surface area contributed by atoms with Gasteiger partial charge < -0.3 is 0 Å². The van der Waals surface area contributed by atoms with Crippen molar-refractivity contribution in [2.75, 3.05) is 6.67 Å². The van der Waals surface area contributed by atoms with Crippen LogP contribution in [0, 0.1) is 0 Å². The molecule has 0 fully saturated rings. The third kappa shape index (κ3) is 5.96. The molecule has 0 saturated heterocycles. The summed E-state index contributed by atoms with van der Waals surface area (Å²) in [5, 5.41) is 0. The first-order valence-electron chi connectivity index (χ1n) is 2.23. The summed E-state index contributed by atoms with van der Waals surface area (Å²) in [7, 11) is 0. The first kappa shape index (κ1) is 6.96. The van der Waals surface area contributed by atoms with Crippen LogP contribution in [0.5, 0.6) is 0 Å². The van der Waals surface area contributed by atoms with E-state index in [-0.39, 0.29) is 6.67 Å². The molecule has 0 aliphatic rings. The molecule has 0 aromatic carbocycles. The van der Waals surface area contributed by atoms with Gasteiger partial charge in [0.25, 0.3) is 0 Å². The molecule has 0 unspecified atom stereocenters. The smallest absolute Gasteiger partial charge is 0.0897 e. The zero-order valence-corrected chi connectivity index (χ0v) is 4.79. The van der Waals surface area contributed by atoms with Crippen LogP contribution in [-0.2, 0) is 0 Å². The van der Waals surface area contributed by atoms with Gasteiger partial charge in [-0.2, -0.15) is 0 Å². The molecule has 0 N–H and O–H groups in total. The summed E-state index contributed by atoms with van der Waals surface area (Å²) in [5.74, 6) is 0. The molecular formula is C5H8ClF. The van der Waals surface area contributed by atoms with Crippen molar-refractivity contribution in [3.05, 3.63) is 11.6 Å². The molecule has 0 saturated carbocycles. The SMILES string of the molecule is FCCCC=CCl. The Bertz CT molecular complexity index is 52.0. The van der Waals surface area contributed by atoms with Crippen molar-refractivity contribution in [3.8, 4) is 0 Å². The summed E-state index contributed by atoms with van der Waals surface area (Å²) in [5.41, 5.74) is 1.41. The third-order valence-corrected chi connectivity index (χ3v) is 0.772. The summed E-state index contributed by atoms with van der Waals surface area (Å²) in [4.78, 5) is 0. The van der Waals surface area contributed by atoms with Gasteiger partial charge in [-0.15, -0.1) is 0 Å². The number of hydrogen-bond donors (Lipinski definition) is 0. The highest BCUT2D eigenvalue weighted by Gasteiger charge is 1.76. The first-order chi connectivity index (χ1) is 3.41. The number of hydrogen-bond acceptors (Lipinski definition) is 0. The zero-order valence-electron chi connectivity index (χ0n) is 4.03. The van der Waals surface area contributed by atoms with Crippen molar-refractivity contribution in [1.82, 2.24) is 0 Å². The minimum Gasteiger partial charge on any atom is -0.251 e. The van der Waals surface area contributed by atoms with E-state index in [9.17, 15) is 4.39 Å². The van der Waals surface area contributed by atoms with Crippen molar-refractivity contribution in [3.63, 3.8) is 0 Å². The van der Waals surface area contributed by atoms with Gasteiger partial charge in [-0.3, -0.25) is 4.39 Å². The Morgan fingerprint density at radius 3 is 2.71 bits per heavy atom.